The molecule has 1 aromatic carbocycles. The van der Waals surface area contributed by atoms with Gasteiger partial charge in [-0.05, 0) is 49.4 Å². The lowest BCUT2D eigenvalue weighted by molar-refractivity contribution is -0.0523. The first-order valence-electron chi connectivity index (χ1n) is 9.63. The summed E-state index contributed by atoms with van der Waals surface area (Å²) in [7, 11) is 0. The van der Waals surface area contributed by atoms with Gasteiger partial charge in [-0.15, -0.1) is 0 Å². The predicted octanol–water partition coefficient (Wildman–Crippen LogP) is 4.64. The molecule has 0 radical (unpaired) electrons. The largest absolute Gasteiger partial charge is 0.415 e. The molecule has 8 heteroatoms. The Morgan fingerprint density at radius 1 is 1.24 bits per heavy atom. The molecular formula is C21H26F2N4O2. The average Bonchev–Trinajstić information content (AvgIpc) is 2.62. The van der Waals surface area contributed by atoms with Crippen LogP contribution in [0.5, 0.6) is 5.88 Å². The zero-order chi connectivity index (χ0) is 21.1. The van der Waals surface area contributed by atoms with Crippen molar-refractivity contribution in [3.8, 4) is 5.88 Å². The number of ether oxygens (including phenoxy) is 1. The Morgan fingerprint density at radius 3 is 2.55 bits per heavy atom. The number of para-hydroxylation sites is 1. The van der Waals surface area contributed by atoms with Gasteiger partial charge >= 0.3 is 12.6 Å². The number of carbonyl (C=O) groups is 1. The Bertz CT molecular complexity index is 870. The second-order valence-corrected chi connectivity index (χ2v) is 7.58. The third-order valence-corrected chi connectivity index (χ3v) is 4.99. The highest BCUT2D eigenvalue weighted by atomic mass is 19.3. The van der Waals surface area contributed by atoms with Crippen LogP contribution >= 0.6 is 0 Å². The molecule has 29 heavy (non-hydrogen) atoms. The normalized spacial score (nSPS) is 18.5. The molecule has 1 saturated carbocycles. The van der Waals surface area contributed by atoms with Crippen LogP contribution in [-0.4, -0.2) is 29.7 Å². The van der Waals surface area contributed by atoms with Gasteiger partial charge in [0, 0.05) is 23.5 Å². The number of anilines is 2. The summed E-state index contributed by atoms with van der Waals surface area (Å²) in [5.41, 5.74) is 8.37. The van der Waals surface area contributed by atoms with Gasteiger partial charge in [0.15, 0.2) is 0 Å². The number of urea groups is 1. The average molecular weight is 404 g/mol. The molecule has 0 saturated heterocycles. The van der Waals surface area contributed by atoms with E-state index in [0.717, 1.165) is 11.3 Å². The zero-order valence-corrected chi connectivity index (χ0v) is 16.7. The van der Waals surface area contributed by atoms with Gasteiger partial charge in [-0.3, -0.25) is 4.90 Å². The number of rotatable bonds is 6. The Balaban J connectivity index is 1.93. The highest BCUT2D eigenvalue weighted by molar-refractivity contribution is 6.03. The number of carbonyl (C=O) groups excluding carboxylic acids is 1. The van der Waals surface area contributed by atoms with E-state index in [1.165, 1.54) is 6.07 Å². The molecule has 2 aromatic rings. The SMILES string of the molecule is Cc1ccc(NC(=O)N(c2ccccc2C(C)C)C2CC(N)C2)c(OC(F)F)n1. The van der Waals surface area contributed by atoms with Crippen LogP contribution in [0.3, 0.4) is 0 Å². The summed E-state index contributed by atoms with van der Waals surface area (Å²) in [6.45, 7) is 2.73. The van der Waals surface area contributed by atoms with Gasteiger partial charge in [0.1, 0.15) is 5.69 Å². The lowest BCUT2D eigenvalue weighted by Gasteiger charge is -2.42. The molecule has 0 unspecified atom stereocenters. The maximum atomic E-state index is 13.3. The Kier molecular flexibility index (Phi) is 6.32. The Hall–Kier alpha value is -2.74. The van der Waals surface area contributed by atoms with Crippen molar-refractivity contribution < 1.29 is 18.3 Å². The van der Waals surface area contributed by atoms with E-state index in [0.29, 0.717) is 18.5 Å². The fourth-order valence-corrected chi connectivity index (χ4v) is 3.49. The fraction of sp³-hybridized carbons (Fsp3) is 0.429. The van der Waals surface area contributed by atoms with E-state index >= 15 is 0 Å². The smallest absolute Gasteiger partial charge is 0.388 e. The van der Waals surface area contributed by atoms with E-state index in [2.05, 4.69) is 28.9 Å². The number of aromatic nitrogens is 1. The molecule has 1 aromatic heterocycles. The molecule has 2 amide bonds. The molecule has 1 aliphatic rings. The first-order chi connectivity index (χ1) is 13.8. The summed E-state index contributed by atoms with van der Waals surface area (Å²) in [5, 5.41) is 2.70. The third-order valence-electron chi connectivity index (χ3n) is 4.99. The van der Waals surface area contributed by atoms with Crippen molar-refractivity contribution in [1.82, 2.24) is 4.98 Å². The Morgan fingerprint density at radius 2 is 1.93 bits per heavy atom. The molecule has 156 valence electrons. The maximum Gasteiger partial charge on any atom is 0.388 e. The number of nitrogens with one attached hydrogen (secondary N) is 1. The molecular weight excluding hydrogens is 378 g/mol. The predicted molar refractivity (Wildman–Crippen MR) is 109 cm³/mol. The van der Waals surface area contributed by atoms with E-state index in [9.17, 15) is 13.6 Å². The van der Waals surface area contributed by atoms with Gasteiger partial charge in [0.05, 0.1) is 0 Å². The van der Waals surface area contributed by atoms with Gasteiger partial charge in [-0.2, -0.15) is 8.78 Å². The number of benzene rings is 1. The molecule has 1 aliphatic carbocycles. The zero-order valence-electron chi connectivity index (χ0n) is 16.7. The number of alkyl halides is 2. The summed E-state index contributed by atoms with van der Waals surface area (Å²) < 4.78 is 30.0. The summed E-state index contributed by atoms with van der Waals surface area (Å²) in [5.74, 6) is -0.107. The highest BCUT2D eigenvalue weighted by Gasteiger charge is 2.36. The Labute approximate surface area is 169 Å². The fourth-order valence-electron chi connectivity index (χ4n) is 3.49. The van der Waals surface area contributed by atoms with E-state index in [1.807, 2.05) is 24.3 Å². The van der Waals surface area contributed by atoms with Crippen molar-refractivity contribution in [1.29, 1.82) is 0 Å². The minimum absolute atomic E-state index is 0.0419. The van der Waals surface area contributed by atoms with Crippen molar-refractivity contribution in [2.24, 2.45) is 5.73 Å². The lowest BCUT2D eigenvalue weighted by Crippen LogP contribution is -2.54. The van der Waals surface area contributed by atoms with Gasteiger partial charge in [-0.1, -0.05) is 32.0 Å². The number of halogens is 2. The number of nitrogens with two attached hydrogens (primary N) is 1. The van der Waals surface area contributed by atoms with Crippen LogP contribution in [0.1, 0.15) is 43.9 Å². The van der Waals surface area contributed by atoms with E-state index in [1.54, 1.807) is 17.9 Å². The molecule has 3 rings (SSSR count). The van der Waals surface area contributed by atoms with Crippen LogP contribution < -0.4 is 20.7 Å². The second kappa shape index (κ2) is 8.73. The molecule has 6 nitrogen and oxygen atoms in total. The first-order valence-corrected chi connectivity index (χ1v) is 9.63. The number of pyridine rings is 1. The van der Waals surface area contributed by atoms with Crippen molar-refractivity contribution in [2.45, 2.75) is 58.2 Å². The number of hydrogen-bond donors (Lipinski definition) is 2. The molecule has 0 atom stereocenters. The quantitative estimate of drug-likeness (QED) is 0.735. The van der Waals surface area contributed by atoms with Gasteiger partial charge in [-0.25, -0.2) is 9.78 Å². The molecule has 3 N–H and O–H groups in total. The summed E-state index contributed by atoms with van der Waals surface area (Å²) >= 11 is 0. The van der Waals surface area contributed by atoms with E-state index in [4.69, 9.17) is 5.73 Å². The van der Waals surface area contributed by atoms with Crippen LogP contribution in [0, 0.1) is 6.92 Å². The topological polar surface area (TPSA) is 80.5 Å². The van der Waals surface area contributed by atoms with Crippen molar-refractivity contribution >= 4 is 17.4 Å². The number of hydrogen-bond acceptors (Lipinski definition) is 4. The number of amides is 2. The minimum Gasteiger partial charge on any atom is -0.415 e. The second-order valence-electron chi connectivity index (χ2n) is 7.58. The molecule has 0 spiro atoms. The van der Waals surface area contributed by atoms with E-state index < -0.39 is 12.6 Å². The summed E-state index contributed by atoms with van der Waals surface area (Å²) in [6, 6.07) is 10.4. The van der Waals surface area contributed by atoms with Crippen molar-refractivity contribution in [3.63, 3.8) is 0 Å². The molecule has 0 aliphatic heterocycles. The third kappa shape index (κ3) is 4.82. The molecule has 1 heterocycles. The van der Waals surface area contributed by atoms with Crippen LogP contribution in [-0.2, 0) is 0 Å². The maximum absolute atomic E-state index is 13.3. The van der Waals surface area contributed by atoms with Crippen LogP contribution in [0.4, 0.5) is 25.0 Å². The van der Waals surface area contributed by atoms with Gasteiger partial charge in [0.25, 0.3) is 0 Å². The summed E-state index contributed by atoms with van der Waals surface area (Å²) in [6.07, 6.45) is 1.35. The van der Waals surface area contributed by atoms with Gasteiger partial charge < -0.3 is 15.8 Å². The summed E-state index contributed by atoms with van der Waals surface area (Å²) in [4.78, 5) is 18.9. The van der Waals surface area contributed by atoms with Crippen LogP contribution in [0.25, 0.3) is 0 Å². The van der Waals surface area contributed by atoms with E-state index in [-0.39, 0.29) is 29.6 Å². The lowest BCUT2D eigenvalue weighted by atomic mass is 9.85. The molecule has 0 bridgehead atoms. The van der Waals surface area contributed by atoms with Crippen LogP contribution in [0.2, 0.25) is 0 Å². The monoisotopic (exact) mass is 404 g/mol. The minimum atomic E-state index is -3.04. The highest BCUT2D eigenvalue weighted by Crippen LogP contribution is 2.35. The van der Waals surface area contributed by atoms with Gasteiger partial charge in [0.2, 0.25) is 5.88 Å². The number of aryl methyl sites for hydroxylation is 1. The standard InChI is InChI=1S/C21H26F2N4O2/c1-12(2)16-6-4-5-7-18(16)27(15-10-14(24)11-15)21(28)26-17-9-8-13(3)25-19(17)29-20(22)23/h4-9,12,14-15,20H,10-11,24H2,1-3H3,(H,26,28). The molecule has 1 fully saturated rings. The van der Waals surface area contributed by atoms with Crippen LogP contribution in [0.15, 0.2) is 36.4 Å². The van der Waals surface area contributed by atoms with Crippen molar-refractivity contribution in [2.75, 3.05) is 10.2 Å². The first kappa shape index (κ1) is 21.0. The number of nitrogens with zero attached hydrogens (tertiary/aromatic N) is 2. The van der Waals surface area contributed by atoms with Crippen molar-refractivity contribution in [3.05, 3.63) is 47.7 Å².